The summed E-state index contributed by atoms with van der Waals surface area (Å²) in [6.07, 6.45) is 4.76. The van der Waals surface area contributed by atoms with Crippen LogP contribution in [-0.4, -0.2) is 39.8 Å². The topological polar surface area (TPSA) is 75.3 Å². The highest BCUT2D eigenvalue weighted by molar-refractivity contribution is 5.75. The van der Waals surface area contributed by atoms with Gasteiger partial charge >= 0.3 is 5.97 Å². The maximum atomic E-state index is 12.2. The van der Waals surface area contributed by atoms with Gasteiger partial charge in [0.05, 0.1) is 24.1 Å². The van der Waals surface area contributed by atoms with Gasteiger partial charge in [0.1, 0.15) is 6.61 Å². The second kappa shape index (κ2) is 7.29. The first-order valence-corrected chi connectivity index (χ1v) is 8.13. The van der Waals surface area contributed by atoms with Gasteiger partial charge in [-0.3, -0.25) is 9.59 Å². The molecule has 1 aliphatic heterocycles. The van der Waals surface area contributed by atoms with E-state index < -0.39 is 0 Å². The zero-order chi connectivity index (χ0) is 16.9. The van der Waals surface area contributed by atoms with E-state index in [9.17, 15) is 9.59 Å². The maximum absolute atomic E-state index is 12.2. The van der Waals surface area contributed by atoms with Gasteiger partial charge in [-0.1, -0.05) is 24.3 Å². The molecule has 2 aromatic rings. The van der Waals surface area contributed by atoms with Gasteiger partial charge in [0.15, 0.2) is 0 Å². The van der Waals surface area contributed by atoms with E-state index in [2.05, 4.69) is 9.97 Å². The minimum atomic E-state index is -0.171. The zero-order valence-electron chi connectivity index (χ0n) is 13.7. The van der Waals surface area contributed by atoms with Crippen molar-refractivity contribution >= 4 is 11.9 Å². The van der Waals surface area contributed by atoms with E-state index in [-0.39, 0.29) is 24.4 Å². The maximum Gasteiger partial charge on any atom is 0.309 e. The van der Waals surface area contributed by atoms with Crippen molar-refractivity contribution in [3.63, 3.8) is 0 Å². The van der Waals surface area contributed by atoms with Crippen LogP contribution in [0.4, 0.5) is 0 Å². The minimum absolute atomic E-state index is 0.0687. The van der Waals surface area contributed by atoms with Gasteiger partial charge in [-0.05, 0) is 24.0 Å². The number of aromatic nitrogens is 2. The molecule has 1 aliphatic rings. The number of hydrogen-bond donors (Lipinski definition) is 1. The summed E-state index contributed by atoms with van der Waals surface area (Å²) in [5.74, 6) is -0.208. The third-order valence-electron chi connectivity index (χ3n) is 4.42. The van der Waals surface area contributed by atoms with Crippen molar-refractivity contribution in [2.75, 3.05) is 13.1 Å². The Labute approximate surface area is 140 Å². The molecule has 0 unspecified atom stereocenters. The average molecular weight is 327 g/mol. The molecular formula is C18H21N3O3. The average Bonchev–Trinajstić information content (AvgIpc) is 3.15. The zero-order valence-corrected chi connectivity index (χ0v) is 13.7. The van der Waals surface area contributed by atoms with Crippen LogP contribution < -0.4 is 0 Å². The Kier molecular flexibility index (Phi) is 4.93. The number of rotatable bonds is 4. The van der Waals surface area contributed by atoms with Crippen LogP contribution in [0.2, 0.25) is 0 Å². The van der Waals surface area contributed by atoms with Gasteiger partial charge in [-0.25, -0.2) is 4.98 Å². The van der Waals surface area contributed by atoms with E-state index in [1.807, 2.05) is 24.3 Å². The molecule has 6 nitrogen and oxygen atoms in total. The van der Waals surface area contributed by atoms with Crippen LogP contribution in [0.3, 0.4) is 0 Å². The number of imidazole rings is 1. The monoisotopic (exact) mass is 327 g/mol. The smallest absolute Gasteiger partial charge is 0.309 e. The second-order valence-corrected chi connectivity index (χ2v) is 6.05. The fourth-order valence-electron chi connectivity index (χ4n) is 2.90. The fraction of sp³-hybridized carbons (Fsp3) is 0.389. The number of ether oxygens (including phenoxy) is 1. The number of piperidine rings is 1. The molecule has 0 radical (unpaired) electrons. The van der Waals surface area contributed by atoms with Gasteiger partial charge in [-0.2, -0.15) is 0 Å². The van der Waals surface area contributed by atoms with Gasteiger partial charge in [-0.15, -0.1) is 0 Å². The van der Waals surface area contributed by atoms with Gasteiger partial charge < -0.3 is 14.6 Å². The van der Waals surface area contributed by atoms with Crippen molar-refractivity contribution in [1.82, 2.24) is 14.9 Å². The highest BCUT2D eigenvalue weighted by Gasteiger charge is 2.27. The summed E-state index contributed by atoms with van der Waals surface area (Å²) in [7, 11) is 0. The molecule has 1 fully saturated rings. The number of nitrogens with one attached hydrogen (secondary N) is 1. The largest absolute Gasteiger partial charge is 0.461 e. The number of benzene rings is 1. The fourth-order valence-corrected chi connectivity index (χ4v) is 2.90. The SMILES string of the molecule is CC(=O)N1CCC(C(=O)OCc2ccc(-c3cnc[nH]3)cc2)CC1. The summed E-state index contributed by atoms with van der Waals surface area (Å²) in [4.78, 5) is 32.3. The molecule has 1 aromatic heterocycles. The van der Waals surface area contributed by atoms with Gasteiger partial charge in [0.2, 0.25) is 5.91 Å². The Hall–Kier alpha value is -2.63. The molecule has 24 heavy (non-hydrogen) atoms. The van der Waals surface area contributed by atoms with Crippen molar-refractivity contribution in [2.45, 2.75) is 26.4 Å². The molecule has 126 valence electrons. The molecule has 0 bridgehead atoms. The van der Waals surface area contributed by atoms with Gasteiger partial charge in [0, 0.05) is 20.0 Å². The molecule has 1 N–H and O–H groups in total. The van der Waals surface area contributed by atoms with Crippen molar-refractivity contribution in [3.8, 4) is 11.3 Å². The van der Waals surface area contributed by atoms with Crippen LogP contribution in [0.1, 0.15) is 25.3 Å². The Morgan fingerprint density at radius 1 is 1.25 bits per heavy atom. The molecule has 1 amide bonds. The number of hydrogen-bond acceptors (Lipinski definition) is 4. The lowest BCUT2D eigenvalue weighted by molar-refractivity contribution is -0.152. The van der Waals surface area contributed by atoms with E-state index >= 15 is 0 Å². The Morgan fingerprint density at radius 3 is 2.54 bits per heavy atom. The predicted octanol–water partition coefficient (Wildman–Crippen LogP) is 2.38. The first-order chi connectivity index (χ1) is 11.6. The van der Waals surface area contributed by atoms with Crippen LogP contribution in [0, 0.1) is 5.92 Å². The van der Waals surface area contributed by atoms with E-state index in [0.29, 0.717) is 25.9 Å². The normalized spacial score (nSPS) is 15.3. The third-order valence-corrected chi connectivity index (χ3v) is 4.42. The molecule has 3 rings (SSSR count). The summed E-state index contributed by atoms with van der Waals surface area (Å²) in [6.45, 7) is 3.10. The molecule has 1 saturated heterocycles. The van der Waals surface area contributed by atoms with E-state index in [4.69, 9.17) is 4.74 Å². The lowest BCUT2D eigenvalue weighted by Crippen LogP contribution is -2.39. The molecule has 6 heteroatoms. The summed E-state index contributed by atoms with van der Waals surface area (Å²) in [5.41, 5.74) is 2.95. The number of nitrogens with zero attached hydrogens (tertiary/aromatic N) is 2. The molecule has 1 aromatic carbocycles. The van der Waals surface area contributed by atoms with Crippen molar-refractivity contribution in [1.29, 1.82) is 0 Å². The van der Waals surface area contributed by atoms with Crippen molar-refractivity contribution in [3.05, 3.63) is 42.4 Å². The van der Waals surface area contributed by atoms with Crippen molar-refractivity contribution < 1.29 is 14.3 Å². The number of carbonyl (C=O) groups excluding carboxylic acids is 2. The van der Waals surface area contributed by atoms with Crippen LogP contribution in [-0.2, 0) is 20.9 Å². The Bertz CT molecular complexity index is 687. The number of esters is 1. The quantitative estimate of drug-likeness (QED) is 0.875. The minimum Gasteiger partial charge on any atom is -0.461 e. The predicted molar refractivity (Wildman–Crippen MR) is 88.8 cm³/mol. The molecule has 0 spiro atoms. The summed E-state index contributed by atoms with van der Waals surface area (Å²) in [5, 5.41) is 0. The molecule has 0 atom stereocenters. The Morgan fingerprint density at radius 2 is 1.96 bits per heavy atom. The summed E-state index contributed by atoms with van der Waals surface area (Å²) < 4.78 is 5.43. The second-order valence-electron chi connectivity index (χ2n) is 6.05. The van der Waals surface area contributed by atoms with E-state index in [0.717, 1.165) is 16.8 Å². The molecule has 0 saturated carbocycles. The number of H-pyrrole nitrogens is 1. The van der Waals surface area contributed by atoms with Crippen LogP contribution in [0.5, 0.6) is 0 Å². The molecular weight excluding hydrogens is 306 g/mol. The van der Waals surface area contributed by atoms with Crippen molar-refractivity contribution in [2.24, 2.45) is 5.92 Å². The van der Waals surface area contributed by atoms with E-state index in [1.54, 1.807) is 24.3 Å². The number of amides is 1. The molecule has 2 heterocycles. The van der Waals surface area contributed by atoms with Crippen LogP contribution in [0.25, 0.3) is 11.3 Å². The van der Waals surface area contributed by atoms with Gasteiger partial charge in [0.25, 0.3) is 0 Å². The molecule has 0 aliphatic carbocycles. The number of aromatic amines is 1. The van der Waals surface area contributed by atoms with Crippen LogP contribution in [0.15, 0.2) is 36.8 Å². The highest BCUT2D eigenvalue weighted by Crippen LogP contribution is 2.20. The van der Waals surface area contributed by atoms with E-state index in [1.165, 1.54) is 0 Å². The first kappa shape index (κ1) is 16.2. The lowest BCUT2D eigenvalue weighted by atomic mass is 9.97. The standard InChI is InChI=1S/C18H21N3O3/c1-13(22)21-8-6-16(7-9-21)18(23)24-11-14-2-4-15(5-3-14)17-10-19-12-20-17/h2-5,10,12,16H,6-9,11H2,1H3,(H,19,20). The number of carbonyl (C=O) groups is 2. The summed E-state index contributed by atoms with van der Waals surface area (Å²) in [6, 6.07) is 7.84. The van der Waals surface area contributed by atoms with Crippen LogP contribution >= 0.6 is 0 Å². The first-order valence-electron chi connectivity index (χ1n) is 8.13. The Balaban J connectivity index is 1.49. The summed E-state index contributed by atoms with van der Waals surface area (Å²) >= 11 is 0. The lowest BCUT2D eigenvalue weighted by Gasteiger charge is -2.30. The third kappa shape index (κ3) is 3.82. The highest BCUT2D eigenvalue weighted by atomic mass is 16.5. The number of likely N-dealkylation sites (tertiary alicyclic amines) is 1.